The van der Waals surface area contributed by atoms with Crippen molar-refractivity contribution in [3.8, 4) is 5.75 Å². The largest absolute Gasteiger partial charge is 0.490 e. The Hall–Kier alpha value is -2.82. The smallest absolute Gasteiger partial charge is 0.227 e. The van der Waals surface area contributed by atoms with E-state index < -0.39 is 0 Å². The molecular formula is C19H19N3O2. The number of ether oxygens (including phenoxy) is 1. The average Bonchev–Trinajstić information content (AvgIpc) is 2.94. The lowest BCUT2D eigenvalue weighted by Gasteiger charge is -2.29. The monoisotopic (exact) mass is 321 g/mol. The van der Waals surface area contributed by atoms with Crippen molar-refractivity contribution in [3.05, 3.63) is 60.0 Å². The van der Waals surface area contributed by atoms with Crippen molar-refractivity contribution in [2.75, 3.05) is 18.1 Å². The van der Waals surface area contributed by atoms with Gasteiger partial charge in [0.2, 0.25) is 5.91 Å². The molecule has 0 saturated carbocycles. The lowest BCUT2D eigenvalue weighted by molar-refractivity contribution is -0.118. The molecule has 0 saturated heterocycles. The summed E-state index contributed by atoms with van der Waals surface area (Å²) in [6, 6.07) is 13.6. The van der Waals surface area contributed by atoms with Crippen LogP contribution in [0.3, 0.4) is 0 Å². The number of rotatable bonds is 3. The number of imidazole rings is 1. The molecular weight excluding hydrogens is 302 g/mol. The van der Waals surface area contributed by atoms with Crippen LogP contribution in [0.5, 0.6) is 5.75 Å². The summed E-state index contributed by atoms with van der Waals surface area (Å²) in [6.07, 6.45) is 3.13. The third-order valence-corrected chi connectivity index (χ3v) is 4.43. The molecule has 5 heteroatoms. The first-order chi connectivity index (χ1) is 11.7. The predicted molar refractivity (Wildman–Crippen MR) is 92.5 cm³/mol. The molecule has 1 amide bonds. The molecule has 1 aliphatic rings. The maximum atomic E-state index is 12.7. The second-order valence-corrected chi connectivity index (χ2v) is 5.93. The van der Waals surface area contributed by atoms with Crippen molar-refractivity contribution in [2.24, 2.45) is 0 Å². The van der Waals surface area contributed by atoms with Gasteiger partial charge in [0.05, 0.1) is 17.9 Å². The molecule has 3 heterocycles. The van der Waals surface area contributed by atoms with Gasteiger partial charge in [-0.3, -0.25) is 4.79 Å². The lowest BCUT2D eigenvalue weighted by Crippen LogP contribution is -2.38. The molecule has 0 unspecified atom stereocenters. The minimum atomic E-state index is 0.121. The summed E-state index contributed by atoms with van der Waals surface area (Å²) in [7, 11) is 0. The minimum absolute atomic E-state index is 0.121. The van der Waals surface area contributed by atoms with E-state index in [4.69, 9.17) is 4.74 Å². The van der Waals surface area contributed by atoms with Crippen LogP contribution in [0.25, 0.3) is 5.65 Å². The van der Waals surface area contributed by atoms with Gasteiger partial charge in [-0.15, -0.1) is 0 Å². The summed E-state index contributed by atoms with van der Waals surface area (Å²) in [5.74, 6) is 0.902. The van der Waals surface area contributed by atoms with Gasteiger partial charge in [-0.25, -0.2) is 4.98 Å². The first-order valence-electron chi connectivity index (χ1n) is 8.19. The quantitative estimate of drug-likeness (QED) is 0.745. The average molecular weight is 321 g/mol. The fourth-order valence-electron chi connectivity index (χ4n) is 3.25. The highest BCUT2D eigenvalue weighted by atomic mass is 16.5. The lowest BCUT2D eigenvalue weighted by atomic mass is 10.1. The SMILES string of the molecule is Cc1nc2ccccn2c1CCC(=O)N1CCOc2ccccc21. The Morgan fingerprint density at radius 3 is 2.96 bits per heavy atom. The van der Waals surface area contributed by atoms with Crippen LogP contribution in [0, 0.1) is 6.92 Å². The van der Waals surface area contributed by atoms with Gasteiger partial charge in [-0.2, -0.15) is 0 Å². The van der Waals surface area contributed by atoms with Gasteiger partial charge in [0, 0.05) is 18.3 Å². The van der Waals surface area contributed by atoms with Gasteiger partial charge in [0.25, 0.3) is 0 Å². The molecule has 0 atom stereocenters. The summed E-state index contributed by atoms with van der Waals surface area (Å²) in [4.78, 5) is 19.1. The fourth-order valence-corrected chi connectivity index (χ4v) is 3.25. The summed E-state index contributed by atoms with van der Waals surface area (Å²) >= 11 is 0. The molecule has 3 aromatic rings. The van der Waals surface area contributed by atoms with E-state index in [-0.39, 0.29) is 5.91 Å². The normalized spacial score (nSPS) is 13.6. The van der Waals surface area contributed by atoms with Crippen LogP contribution in [-0.4, -0.2) is 28.4 Å². The number of aromatic nitrogens is 2. The minimum Gasteiger partial charge on any atom is -0.490 e. The van der Waals surface area contributed by atoms with Crippen LogP contribution < -0.4 is 9.64 Å². The molecule has 24 heavy (non-hydrogen) atoms. The first kappa shape index (κ1) is 14.8. The van der Waals surface area contributed by atoms with E-state index in [9.17, 15) is 4.79 Å². The summed E-state index contributed by atoms with van der Waals surface area (Å²) in [6.45, 7) is 3.14. The first-order valence-corrected chi connectivity index (χ1v) is 8.19. The van der Waals surface area contributed by atoms with Crippen LogP contribution >= 0.6 is 0 Å². The summed E-state index contributed by atoms with van der Waals surface area (Å²) in [5, 5.41) is 0. The van der Waals surface area contributed by atoms with Crippen molar-refractivity contribution < 1.29 is 9.53 Å². The standard InChI is InChI=1S/C19H19N3O2/c1-14-15(21-11-5-4-8-18(21)20-14)9-10-19(23)22-12-13-24-17-7-3-2-6-16(17)22/h2-8,11H,9-10,12-13H2,1H3. The number of anilines is 1. The number of para-hydroxylation sites is 2. The highest BCUT2D eigenvalue weighted by Crippen LogP contribution is 2.31. The second-order valence-electron chi connectivity index (χ2n) is 5.93. The number of carbonyl (C=O) groups excluding carboxylic acids is 1. The second kappa shape index (κ2) is 6.00. The van der Waals surface area contributed by atoms with Crippen LogP contribution in [0.1, 0.15) is 17.8 Å². The van der Waals surface area contributed by atoms with Gasteiger partial charge < -0.3 is 14.0 Å². The third kappa shape index (κ3) is 2.52. The van der Waals surface area contributed by atoms with E-state index in [2.05, 4.69) is 9.38 Å². The topological polar surface area (TPSA) is 46.8 Å². The molecule has 0 fully saturated rings. The highest BCUT2D eigenvalue weighted by Gasteiger charge is 2.23. The van der Waals surface area contributed by atoms with E-state index in [1.807, 2.05) is 60.5 Å². The van der Waals surface area contributed by atoms with E-state index in [0.717, 1.165) is 28.5 Å². The Balaban J connectivity index is 1.54. The predicted octanol–water partition coefficient (Wildman–Crippen LogP) is 3.00. The molecule has 4 rings (SSSR count). The number of aryl methyl sites for hydroxylation is 2. The molecule has 0 aliphatic carbocycles. The van der Waals surface area contributed by atoms with Crippen molar-refractivity contribution in [2.45, 2.75) is 19.8 Å². The van der Waals surface area contributed by atoms with E-state index in [0.29, 0.717) is 26.0 Å². The molecule has 0 spiro atoms. The Bertz CT molecular complexity index is 901. The zero-order valence-electron chi connectivity index (χ0n) is 13.6. The van der Waals surface area contributed by atoms with Crippen molar-refractivity contribution in [1.82, 2.24) is 9.38 Å². The van der Waals surface area contributed by atoms with Gasteiger partial charge >= 0.3 is 0 Å². The Kier molecular flexibility index (Phi) is 3.69. The number of amides is 1. The zero-order valence-corrected chi connectivity index (χ0v) is 13.6. The van der Waals surface area contributed by atoms with Crippen LogP contribution in [-0.2, 0) is 11.2 Å². The van der Waals surface area contributed by atoms with Crippen molar-refractivity contribution in [3.63, 3.8) is 0 Å². The maximum Gasteiger partial charge on any atom is 0.227 e. The molecule has 5 nitrogen and oxygen atoms in total. The number of carbonyl (C=O) groups is 1. The summed E-state index contributed by atoms with van der Waals surface area (Å²) in [5.41, 5.74) is 3.87. The Morgan fingerprint density at radius 2 is 2.04 bits per heavy atom. The number of hydrogen-bond donors (Lipinski definition) is 0. The van der Waals surface area contributed by atoms with E-state index in [1.54, 1.807) is 0 Å². The molecule has 0 bridgehead atoms. The number of fused-ring (bicyclic) bond motifs is 2. The Morgan fingerprint density at radius 1 is 1.21 bits per heavy atom. The van der Waals surface area contributed by atoms with Gasteiger partial charge in [0.1, 0.15) is 18.0 Å². The molecule has 2 aromatic heterocycles. The van der Waals surface area contributed by atoms with Crippen LogP contribution in [0.2, 0.25) is 0 Å². The van der Waals surface area contributed by atoms with E-state index in [1.165, 1.54) is 0 Å². The molecule has 122 valence electrons. The zero-order chi connectivity index (χ0) is 16.5. The van der Waals surface area contributed by atoms with Crippen molar-refractivity contribution >= 4 is 17.2 Å². The van der Waals surface area contributed by atoms with Crippen LogP contribution in [0.15, 0.2) is 48.7 Å². The van der Waals surface area contributed by atoms with Crippen molar-refractivity contribution in [1.29, 1.82) is 0 Å². The molecule has 0 radical (unpaired) electrons. The molecule has 1 aromatic carbocycles. The fraction of sp³-hybridized carbons (Fsp3) is 0.263. The van der Waals surface area contributed by atoms with E-state index >= 15 is 0 Å². The maximum absolute atomic E-state index is 12.7. The molecule has 1 aliphatic heterocycles. The van der Waals surface area contributed by atoms with Gasteiger partial charge in [-0.05, 0) is 37.6 Å². The third-order valence-electron chi connectivity index (χ3n) is 4.43. The molecule has 0 N–H and O–H groups in total. The highest BCUT2D eigenvalue weighted by molar-refractivity contribution is 5.95. The summed E-state index contributed by atoms with van der Waals surface area (Å²) < 4.78 is 7.69. The number of benzene rings is 1. The number of pyridine rings is 1. The van der Waals surface area contributed by atoms with Crippen LogP contribution in [0.4, 0.5) is 5.69 Å². The van der Waals surface area contributed by atoms with Gasteiger partial charge in [0.15, 0.2) is 0 Å². The number of nitrogens with zero attached hydrogens (tertiary/aromatic N) is 3. The Labute approximate surface area is 140 Å². The number of hydrogen-bond acceptors (Lipinski definition) is 3. The van der Waals surface area contributed by atoms with Gasteiger partial charge in [-0.1, -0.05) is 18.2 Å².